The van der Waals surface area contributed by atoms with E-state index in [9.17, 15) is 14.7 Å². The molecular formula is C18H23NO3. The van der Waals surface area contributed by atoms with E-state index >= 15 is 0 Å². The summed E-state index contributed by atoms with van der Waals surface area (Å²) in [7, 11) is 0. The summed E-state index contributed by atoms with van der Waals surface area (Å²) in [5, 5.41) is 9.51. The Bertz CT molecular complexity index is 566. The van der Waals surface area contributed by atoms with Crippen LogP contribution in [0.3, 0.4) is 0 Å². The predicted molar refractivity (Wildman–Crippen MR) is 83.8 cm³/mol. The molecule has 0 aromatic heterocycles. The maximum atomic E-state index is 12.9. The maximum absolute atomic E-state index is 12.9. The van der Waals surface area contributed by atoms with Gasteiger partial charge in [0, 0.05) is 11.6 Å². The highest BCUT2D eigenvalue weighted by Crippen LogP contribution is 2.40. The van der Waals surface area contributed by atoms with Gasteiger partial charge in [0.2, 0.25) is 0 Å². The monoisotopic (exact) mass is 301 g/mol. The number of aliphatic carboxylic acids is 1. The Morgan fingerprint density at radius 3 is 2.50 bits per heavy atom. The van der Waals surface area contributed by atoms with Crippen LogP contribution in [0.4, 0.5) is 0 Å². The average molecular weight is 301 g/mol. The Hall–Kier alpha value is -1.84. The van der Waals surface area contributed by atoms with Gasteiger partial charge < -0.3 is 10.0 Å². The van der Waals surface area contributed by atoms with Crippen LogP contribution < -0.4 is 0 Å². The fraction of sp³-hybridized carbons (Fsp3) is 0.556. The number of carboxylic acids is 1. The molecule has 3 unspecified atom stereocenters. The summed E-state index contributed by atoms with van der Waals surface area (Å²) in [6.45, 7) is 2.07. The SMILES string of the molecule is CCc1ccc(C(=O)N2C(C(=O)O)CC3CCCCC32)cc1. The standard InChI is InChI=1S/C18H23NO3/c1-2-12-7-9-13(10-8-12)17(20)19-15-6-4-3-5-14(15)11-16(19)18(21)22/h7-10,14-16H,2-6,11H2,1H3,(H,21,22). The van der Waals surface area contributed by atoms with E-state index in [-0.39, 0.29) is 11.9 Å². The number of carbonyl (C=O) groups excluding carboxylic acids is 1. The molecule has 0 radical (unpaired) electrons. The second-order valence-corrected chi connectivity index (χ2v) is 6.46. The molecule has 2 aliphatic rings. The maximum Gasteiger partial charge on any atom is 0.326 e. The minimum absolute atomic E-state index is 0.105. The molecule has 1 aliphatic carbocycles. The van der Waals surface area contributed by atoms with E-state index in [2.05, 4.69) is 6.92 Å². The van der Waals surface area contributed by atoms with E-state index < -0.39 is 12.0 Å². The van der Waals surface area contributed by atoms with Gasteiger partial charge in [-0.25, -0.2) is 4.79 Å². The molecule has 1 N–H and O–H groups in total. The van der Waals surface area contributed by atoms with Gasteiger partial charge in [-0.3, -0.25) is 4.79 Å². The summed E-state index contributed by atoms with van der Waals surface area (Å²) in [5.41, 5.74) is 1.79. The molecule has 4 nitrogen and oxygen atoms in total. The summed E-state index contributed by atoms with van der Waals surface area (Å²) in [5.74, 6) is -0.633. The summed E-state index contributed by atoms with van der Waals surface area (Å²) >= 11 is 0. The molecule has 3 rings (SSSR count). The lowest BCUT2D eigenvalue weighted by Gasteiger charge is -2.33. The normalized spacial score (nSPS) is 27.5. The van der Waals surface area contributed by atoms with Gasteiger partial charge in [-0.05, 0) is 49.3 Å². The number of fused-ring (bicyclic) bond motifs is 1. The molecule has 1 aliphatic heterocycles. The van der Waals surface area contributed by atoms with Crippen molar-refractivity contribution >= 4 is 11.9 Å². The second-order valence-electron chi connectivity index (χ2n) is 6.46. The zero-order chi connectivity index (χ0) is 15.7. The summed E-state index contributed by atoms with van der Waals surface area (Å²) in [4.78, 5) is 26.1. The van der Waals surface area contributed by atoms with Crippen molar-refractivity contribution in [2.45, 2.75) is 57.5 Å². The van der Waals surface area contributed by atoms with E-state index in [0.29, 0.717) is 17.9 Å². The van der Waals surface area contributed by atoms with Crippen molar-refractivity contribution in [2.24, 2.45) is 5.92 Å². The van der Waals surface area contributed by atoms with Crippen molar-refractivity contribution in [2.75, 3.05) is 0 Å². The molecule has 4 heteroatoms. The van der Waals surface area contributed by atoms with Crippen molar-refractivity contribution in [3.05, 3.63) is 35.4 Å². The number of amides is 1. The number of carbonyl (C=O) groups is 2. The number of likely N-dealkylation sites (tertiary alicyclic amines) is 1. The number of aryl methyl sites for hydroxylation is 1. The van der Waals surface area contributed by atoms with Crippen LogP contribution in [0.5, 0.6) is 0 Å². The molecule has 0 spiro atoms. The first-order chi connectivity index (χ1) is 10.6. The number of nitrogens with zero attached hydrogens (tertiary/aromatic N) is 1. The van der Waals surface area contributed by atoms with Crippen molar-refractivity contribution in [1.29, 1.82) is 0 Å². The number of benzene rings is 1. The minimum Gasteiger partial charge on any atom is -0.480 e. The van der Waals surface area contributed by atoms with Gasteiger partial charge in [0.15, 0.2) is 0 Å². The van der Waals surface area contributed by atoms with Crippen LogP contribution in [0.25, 0.3) is 0 Å². The second kappa shape index (κ2) is 6.11. The lowest BCUT2D eigenvalue weighted by atomic mass is 9.84. The molecular weight excluding hydrogens is 278 g/mol. The van der Waals surface area contributed by atoms with Crippen molar-refractivity contribution < 1.29 is 14.7 Å². The highest BCUT2D eigenvalue weighted by molar-refractivity contribution is 5.97. The highest BCUT2D eigenvalue weighted by atomic mass is 16.4. The third-order valence-corrected chi connectivity index (χ3v) is 5.22. The Morgan fingerprint density at radius 2 is 1.86 bits per heavy atom. The van der Waals surface area contributed by atoms with Crippen molar-refractivity contribution in [3.8, 4) is 0 Å². The predicted octanol–water partition coefficient (Wildman–Crippen LogP) is 3.11. The molecule has 3 atom stereocenters. The molecule has 2 fully saturated rings. The molecule has 118 valence electrons. The Labute approximate surface area is 131 Å². The van der Waals surface area contributed by atoms with E-state index in [0.717, 1.165) is 32.1 Å². The topological polar surface area (TPSA) is 57.6 Å². The van der Waals surface area contributed by atoms with Gasteiger partial charge in [0.1, 0.15) is 6.04 Å². The van der Waals surface area contributed by atoms with Gasteiger partial charge in [-0.2, -0.15) is 0 Å². The fourth-order valence-electron chi connectivity index (χ4n) is 4.00. The van der Waals surface area contributed by atoms with Gasteiger partial charge in [-0.15, -0.1) is 0 Å². The number of hydrogen-bond acceptors (Lipinski definition) is 2. The molecule has 1 aromatic rings. The van der Waals surface area contributed by atoms with Gasteiger partial charge in [0.25, 0.3) is 5.91 Å². The van der Waals surface area contributed by atoms with Crippen LogP contribution >= 0.6 is 0 Å². The summed E-state index contributed by atoms with van der Waals surface area (Å²) < 4.78 is 0. The van der Waals surface area contributed by atoms with Crippen LogP contribution in [-0.4, -0.2) is 34.0 Å². The van der Waals surface area contributed by atoms with E-state index in [4.69, 9.17) is 0 Å². The van der Waals surface area contributed by atoms with Crippen molar-refractivity contribution in [3.63, 3.8) is 0 Å². The minimum atomic E-state index is -0.868. The van der Waals surface area contributed by atoms with Gasteiger partial charge in [-0.1, -0.05) is 31.9 Å². The van der Waals surface area contributed by atoms with Crippen LogP contribution in [-0.2, 0) is 11.2 Å². The highest BCUT2D eigenvalue weighted by Gasteiger charge is 2.47. The molecule has 1 amide bonds. The quantitative estimate of drug-likeness (QED) is 0.933. The first-order valence-corrected chi connectivity index (χ1v) is 8.26. The molecule has 1 aromatic carbocycles. The first kappa shape index (κ1) is 15.1. The van der Waals surface area contributed by atoms with Crippen LogP contribution in [0.2, 0.25) is 0 Å². The van der Waals surface area contributed by atoms with Crippen LogP contribution in [0.1, 0.15) is 54.9 Å². The average Bonchev–Trinajstić information content (AvgIpc) is 2.94. The summed E-state index contributed by atoms with van der Waals surface area (Å²) in [6, 6.07) is 7.01. The zero-order valence-electron chi connectivity index (χ0n) is 13.0. The zero-order valence-corrected chi connectivity index (χ0v) is 13.0. The van der Waals surface area contributed by atoms with Gasteiger partial charge >= 0.3 is 5.97 Å². The van der Waals surface area contributed by atoms with Gasteiger partial charge in [0.05, 0.1) is 0 Å². The smallest absolute Gasteiger partial charge is 0.326 e. The Morgan fingerprint density at radius 1 is 1.18 bits per heavy atom. The summed E-state index contributed by atoms with van der Waals surface area (Å²) in [6.07, 6.45) is 5.77. The number of rotatable bonds is 3. The van der Waals surface area contributed by atoms with Crippen LogP contribution in [0.15, 0.2) is 24.3 Å². The molecule has 1 heterocycles. The van der Waals surface area contributed by atoms with E-state index in [1.807, 2.05) is 24.3 Å². The lowest BCUT2D eigenvalue weighted by molar-refractivity contribution is -0.141. The van der Waals surface area contributed by atoms with E-state index in [1.54, 1.807) is 4.90 Å². The third kappa shape index (κ3) is 2.62. The van der Waals surface area contributed by atoms with E-state index in [1.165, 1.54) is 5.56 Å². The van der Waals surface area contributed by atoms with Crippen LogP contribution in [0, 0.1) is 5.92 Å². The number of hydrogen-bond donors (Lipinski definition) is 1. The van der Waals surface area contributed by atoms with Crippen molar-refractivity contribution in [1.82, 2.24) is 4.90 Å². The molecule has 1 saturated heterocycles. The molecule has 1 saturated carbocycles. The first-order valence-electron chi connectivity index (χ1n) is 8.26. The molecule has 0 bridgehead atoms. The third-order valence-electron chi connectivity index (χ3n) is 5.22. The fourth-order valence-corrected chi connectivity index (χ4v) is 4.00. The lowest BCUT2D eigenvalue weighted by Crippen LogP contribution is -2.46. The largest absolute Gasteiger partial charge is 0.480 e. The Kier molecular flexibility index (Phi) is 4.19. The number of carboxylic acid groups (broad SMARTS) is 1. The molecule has 22 heavy (non-hydrogen) atoms. The Balaban J connectivity index is 1.88.